The van der Waals surface area contributed by atoms with E-state index >= 15 is 0 Å². The Balaban J connectivity index is 1.54. The fraction of sp³-hybridized carbons (Fsp3) is 0.600. The quantitative estimate of drug-likeness (QED) is 0.828. The summed E-state index contributed by atoms with van der Waals surface area (Å²) in [5, 5.41) is -0.197. The summed E-state index contributed by atoms with van der Waals surface area (Å²) < 4.78 is 26.3. The molecule has 0 bridgehead atoms. The minimum Gasteiger partial charge on any atom is -0.311 e. The Hall–Kier alpha value is -1.47. The van der Waals surface area contributed by atoms with Crippen molar-refractivity contribution < 1.29 is 13.2 Å². The van der Waals surface area contributed by atoms with Gasteiger partial charge in [0.25, 0.3) is 0 Å². The summed E-state index contributed by atoms with van der Waals surface area (Å²) in [6.07, 6.45) is 5.75. The van der Waals surface area contributed by atoms with Gasteiger partial charge in [0.2, 0.25) is 15.9 Å². The van der Waals surface area contributed by atoms with Gasteiger partial charge in [-0.3, -0.25) is 9.78 Å². The summed E-state index contributed by atoms with van der Waals surface area (Å²) in [6.45, 7) is 1.50. The van der Waals surface area contributed by atoms with Crippen molar-refractivity contribution in [2.75, 3.05) is 24.5 Å². The molecule has 3 aliphatic rings. The Bertz CT molecular complexity index is 687. The van der Waals surface area contributed by atoms with E-state index in [0.29, 0.717) is 19.6 Å². The zero-order valence-electron chi connectivity index (χ0n) is 12.3. The summed E-state index contributed by atoms with van der Waals surface area (Å²) in [7, 11) is -3.18. The van der Waals surface area contributed by atoms with Crippen LogP contribution in [0.2, 0.25) is 0 Å². The lowest BCUT2D eigenvalue weighted by molar-refractivity contribution is -0.124. The van der Waals surface area contributed by atoms with Crippen LogP contribution in [0.4, 0.5) is 5.69 Å². The summed E-state index contributed by atoms with van der Waals surface area (Å²) in [6, 6.07) is 3.69. The van der Waals surface area contributed by atoms with Gasteiger partial charge in [-0.05, 0) is 37.3 Å². The summed E-state index contributed by atoms with van der Waals surface area (Å²) in [5.74, 6) is -0.00539. The van der Waals surface area contributed by atoms with Crippen molar-refractivity contribution >= 4 is 21.6 Å². The van der Waals surface area contributed by atoms with E-state index in [1.54, 1.807) is 21.6 Å². The lowest BCUT2D eigenvalue weighted by Gasteiger charge is -2.33. The van der Waals surface area contributed by atoms with Crippen LogP contribution < -0.4 is 4.90 Å². The second-order valence-electron chi connectivity index (χ2n) is 6.42. The third kappa shape index (κ3) is 2.23. The van der Waals surface area contributed by atoms with Gasteiger partial charge in [0.1, 0.15) is 0 Å². The Morgan fingerprint density at radius 1 is 1.18 bits per heavy atom. The number of fused-ring (bicyclic) bond motifs is 1. The SMILES string of the molecule is O=C1C2CN(S(=O)(=O)C3CC3)CC2CCN1c1cccnc1. The molecule has 1 aliphatic carbocycles. The highest BCUT2D eigenvalue weighted by atomic mass is 32.2. The topological polar surface area (TPSA) is 70.6 Å². The second kappa shape index (κ2) is 5.03. The number of rotatable bonds is 3. The van der Waals surface area contributed by atoms with Gasteiger partial charge in [-0.25, -0.2) is 12.7 Å². The minimum absolute atomic E-state index is 0.0396. The molecule has 1 saturated carbocycles. The van der Waals surface area contributed by atoms with Crippen molar-refractivity contribution in [1.82, 2.24) is 9.29 Å². The molecule has 7 heteroatoms. The molecule has 1 aromatic heterocycles. The number of hydrogen-bond donors (Lipinski definition) is 0. The third-order valence-corrected chi connectivity index (χ3v) is 7.31. The number of amides is 1. The van der Waals surface area contributed by atoms with Gasteiger partial charge in [0.15, 0.2) is 0 Å². The van der Waals surface area contributed by atoms with Crippen molar-refractivity contribution in [2.45, 2.75) is 24.5 Å². The molecule has 4 rings (SSSR count). The Labute approximate surface area is 130 Å². The third-order valence-electron chi connectivity index (χ3n) is 4.98. The van der Waals surface area contributed by atoms with Crippen LogP contribution in [0, 0.1) is 11.8 Å². The van der Waals surface area contributed by atoms with E-state index in [9.17, 15) is 13.2 Å². The summed E-state index contributed by atoms with van der Waals surface area (Å²) in [4.78, 5) is 18.6. The van der Waals surface area contributed by atoms with Crippen LogP contribution in [0.3, 0.4) is 0 Å². The fourth-order valence-corrected chi connectivity index (χ4v) is 5.48. The van der Waals surface area contributed by atoms with Crippen molar-refractivity contribution in [1.29, 1.82) is 0 Å². The lowest BCUT2D eigenvalue weighted by atomic mass is 9.88. The standard InChI is InChI=1S/C15H19N3O3S/c19-15-14-10-17(22(20,21)13-3-4-13)9-11(14)5-7-18(15)12-2-1-6-16-8-12/h1-2,6,8,11,13-14H,3-5,7,9-10H2. The molecule has 2 atom stereocenters. The van der Waals surface area contributed by atoms with Gasteiger partial charge >= 0.3 is 0 Å². The van der Waals surface area contributed by atoms with Crippen molar-refractivity contribution in [3.05, 3.63) is 24.5 Å². The van der Waals surface area contributed by atoms with Gasteiger partial charge in [0, 0.05) is 25.8 Å². The number of carbonyl (C=O) groups excluding carboxylic acids is 1. The first-order chi connectivity index (χ1) is 10.6. The first kappa shape index (κ1) is 14.1. The van der Waals surface area contributed by atoms with E-state index in [1.807, 2.05) is 12.1 Å². The van der Waals surface area contributed by atoms with E-state index < -0.39 is 10.0 Å². The van der Waals surface area contributed by atoms with E-state index in [-0.39, 0.29) is 23.0 Å². The van der Waals surface area contributed by atoms with Crippen LogP contribution >= 0.6 is 0 Å². The van der Waals surface area contributed by atoms with Crippen LogP contribution in [0.15, 0.2) is 24.5 Å². The summed E-state index contributed by atoms with van der Waals surface area (Å²) in [5.41, 5.74) is 0.800. The molecular weight excluding hydrogens is 302 g/mol. The fourth-order valence-electron chi connectivity index (χ4n) is 3.56. The maximum absolute atomic E-state index is 12.7. The van der Waals surface area contributed by atoms with Crippen LogP contribution in [-0.2, 0) is 14.8 Å². The normalized spacial score (nSPS) is 29.6. The first-order valence-corrected chi connectivity index (χ1v) is 9.28. The summed E-state index contributed by atoms with van der Waals surface area (Å²) >= 11 is 0. The monoisotopic (exact) mass is 321 g/mol. The number of sulfonamides is 1. The molecule has 2 aliphatic heterocycles. The van der Waals surface area contributed by atoms with Gasteiger partial charge < -0.3 is 4.90 Å². The molecule has 3 fully saturated rings. The molecule has 1 aromatic rings. The molecule has 1 amide bonds. The van der Waals surface area contributed by atoms with Crippen LogP contribution in [0.5, 0.6) is 0 Å². The highest BCUT2D eigenvalue weighted by Crippen LogP contribution is 2.39. The zero-order chi connectivity index (χ0) is 15.3. The minimum atomic E-state index is -3.18. The number of anilines is 1. The molecule has 6 nitrogen and oxygen atoms in total. The predicted molar refractivity (Wildman–Crippen MR) is 81.7 cm³/mol. The largest absolute Gasteiger partial charge is 0.311 e. The second-order valence-corrected chi connectivity index (χ2v) is 8.63. The predicted octanol–water partition coefficient (Wildman–Crippen LogP) is 0.858. The maximum atomic E-state index is 12.7. The number of hydrogen-bond acceptors (Lipinski definition) is 4. The molecule has 22 heavy (non-hydrogen) atoms. The smallest absolute Gasteiger partial charge is 0.231 e. The van der Waals surface area contributed by atoms with E-state index in [2.05, 4.69) is 4.98 Å². The van der Waals surface area contributed by atoms with E-state index in [4.69, 9.17) is 0 Å². The number of carbonyl (C=O) groups is 1. The first-order valence-electron chi connectivity index (χ1n) is 7.78. The highest BCUT2D eigenvalue weighted by Gasteiger charge is 2.49. The molecule has 2 saturated heterocycles. The number of pyridine rings is 1. The zero-order valence-corrected chi connectivity index (χ0v) is 13.1. The molecule has 0 aromatic carbocycles. The molecule has 0 spiro atoms. The maximum Gasteiger partial charge on any atom is 0.231 e. The molecule has 2 unspecified atom stereocenters. The Morgan fingerprint density at radius 2 is 2.00 bits per heavy atom. The molecule has 0 radical (unpaired) electrons. The molecular formula is C15H19N3O3S. The van der Waals surface area contributed by atoms with Crippen LogP contribution in [0.25, 0.3) is 0 Å². The van der Waals surface area contributed by atoms with Gasteiger partial charge in [-0.2, -0.15) is 0 Å². The number of nitrogens with zero attached hydrogens (tertiary/aromatic N) is 3. The number of aromatic nitrogens is 1. The van der Waals surface area contributed by atoms with Crippen molar-refractivity contribution in [3.8, 4) is 0 Å². The average Bonchev–Trinajstić information content (AvgIpc) is 3.28. The van der Waals surface area contributed by atoms with E-state index in [1.165, 1.54) is 0 Å². The average molecular weight is 321 g/mol. The molecule has 0 N–H and O–H groups in total. The van der Waals surface area contributed by atoms with Crippen LogP contribution in [-0.4, -0.2) is 48.5 Å². The van der Waals surface area contributed by atoms with Crippen molar-refractivity contribution in [3.63, 3.8) is 0 Å². The highest BCUT2D eigenvalue weighted by molar-refractivity contribution is 7.90. The Morgan fingerprint density at radius 3 is 2.68 bits per heavy atom. The van der Waals surface area contributed by atoms with Gasteiger partial charge in [-0.1, -0.05) is 0 Å². The molecule has 3 heterocycles. The number of piperidine rings is 1. The Kier molecular flexibility index (Phi) is 3.23. The van der Waals surface area contributed by atoms with Crippen molar-refractivity contribution in [2.24, 2.45) is 11.8 Å². The van der Waals surface area contributed by atoms with Gasteiger partial charge in [0.05, 0.1) is 23.1 Å². The lowest BCUT2D eigenvalue weighted by Crippen LogP contribution is -2.45. The van der Waals surface area contributed by atoms with E-state index in [0.717, 1.165) is 24.9 Å². The van der Waals surface area contributed by atoms with Gasteiger partial charge in [-0.15, -0.1) is 0 Å². The van der Waals surface area contributed by atoms with Crippen LogP contribution in [0.1, 0.15) is 19.3 Å². The molecule has 118 valence electrons.